The van der Waals surface area contributed by atoms with Crippen molar-refractivity contribution in [3.05, 3.63) is 62.3 Å². The molecular weight excluding hydrogens is 349 g/mol. The molecule has 0 aliphatic heterocycles. The molecule has 0 aliphatic carbocycles. The van der Waals surface area contributed by atoms with Gasteiger partial charge in [0.1, 0.15) is 0 Å². The summed E-state index contributed by atoms with van der Waals surface area (Å²) in [6, 6.07) is 9.06. The Morgan fingerprint density at radius 1 is 1.26 bits per heavy atom. The molecule has 1 heterocycles. The lowest BCUT2D eigenvalue weighted by molar-refractivity contribution is 0.546. The molecule has 1 aromatic heterocycles. The van der Waals surface area contributed by atoms with Crippen molar-refractivity contribution in [1.29, 1.82) is 0 Å². The van der Waals surface area contributed by atoms with Gasteiger partial charge in [-0.1, -0.05) is 23.2 Å². The lowest BCUT2D eigenvalue weighted by atomic mass is 10.0. The second-order valence-corrected chi connectivity index (χ2v) is 5.82. The first-order chi connectivity index (χ1) is 9.10. The molecule has 3 nitrogen and oxygen atoms in total. The third kappa shape index (κ3) is 3.91. The van der Waals surface area contributed by atoms with Gasteiger partial charge in [0.05, 0.1) is 6.04 Å². The van der Waals surface area contributed by atoms with Crippen LogP contribution in [0.2, 0.25) is 10.0 Å². The van der Waals surface area contributed by atoms with Crippen LogP contribution in [0, 0.1) is 0 Å². The fourth-order valence-corrected chi connectivity index (χ4v) is 2.44. The highest BCUT2D eigenvalue weighted by Crippen LogP contribution is 2.28. The van der Waals surface area contributed by atoms with Crippen LogP contribution in [0.1, 0.15) is 17.3 Å². The van der Waals surface area contributed by atoms with Crippen LogP contribution in [0.5, 0.6) is 0 Å². The van der Waals surface area contributed by atoms with E-state index in [1.807, 2.05) is 18.2 Å². The van der Waals surface area contributed by atoms with Gasteiger partial charge in [-0.25, -0.2) is 0 Å². The molecule has 3 N–H and O–H groups in total. The summed E-state index contributed by atoms with van der Waals surface area (Å²) < 4.78 is 0.939. The van der Waals surface area contributed by atoms with Gasteiger partial charge in [-0.2, -0.15) is 0 Å². The van der Waals surface area contributed by atoms with Crippen LogP contribution in [0.3, 0.4) is 0 Å². The third-order valence-electron chi connectivity index (χ3n) is 2.74. The molecule has 6 heteroatoms. The van der Waals surface area contributed by atoms with E-state index in [1.165, 1.54) is 0 Å². The van der Waals surface area contributed by atoms with E-state index in [2.05, 4.69) is 26.3 Å². The maximum absolute atomic E-state index is 6.18. The minimum atomic E-state index is -0.139. The SMILES string of the molecule is NNC(Cc1ccc(Br)cn1)c1cc(Cl)ccc1Cl. The number of halogens is 3. The van der Waals surface area contributed by atoms with E-state index in [9.17, 15) is 0 Å². The van der Waals surface area contributed by atoms with Crippen LogP contribution in [0.4, 0.5) is 0 Å². The van der Waals surface area contributed by atoms with Crippen LogP contribution in [0.25, 0.3) is 0 Å². The number of nitrogens with two attached hydrogens (primary N) is 1. The van der Waals surface area contributed by atoms with Crippen LogP contribution in [-0.2, 0) is 6.42 Å². The molecular formula is C13H12BrCl2N3. The number of aromatic nitrogens is 1. The fourth-order valence-electron chi connectivity index (χ4n) is 1.78. The Morgan fingerprint density at radius 2 is 2.05 bits per heavy atom. The number of nitrogens with one attached hydrogen (secondary N) is 1. The first-order valence-electron chi connectivity index (χ1n) is 5.61. The van der Waals surface area contributed by atoms with Gasteiger partial charge in [0.25, 0.3) is 0 Å². The molecule has 1 unspecified atom stereocenters. The van der Waals surface area contributed by atoms with Crippen molar-refractivity contribution in [2.45, 2.75) is 12.5 Å². The minimum absolute atomic E-state index is 0.139. The van der Waals surface area contributed by atoms with Gasteiger partial charge in [-0.3, -0.25) is 16.3 Å². The van der Waals surface area contributed by atoms with Crippen molar-refractivity contribution >= 4 is 39.1 Å². The van der Waals surface area contributed by atoms with Crippen molar-refractivity contribution in [2.24, 2.45) is 5.84 Å². The maximum atomic E-state index is 6.18. The average molecular weight is 361 g/mol. The van der Waals surface area contributed by atoms with Gasteiger partial charge in [-0.05, 0) is 51.8 Å². The first kappa shape index (κ1) is 14.8. The summed E-state index contributed by atoms with van der Waals surface area (Å²) in [6.07, 6.45) is 2.38. The Bertz CT molecular complexity index is 560. The average Bonchev–Trinajstić information content (AvgIpc) is 2.41. The maximum Gasteiger partial charge on any atom is 0.0530 e. The van der Waals surface area contributed by atoms with E-state index < -0.39 is 0 Å². The van der Waals surface area contributed by atoms with Crippen LogP contribution < -0.4 is 11.3 Å². The van der Waals surface area contributed by atoms with Crippen molar-refractivity contribution in [2.75, 3.05) is 0 Å². The molecule has 1 aromatic carbocycles. The predicted molar refractivity (Wildman–Crippen MR) is 82.2 cm³/mol. The summed E-state index contributed by atoms with van der Waals surface area (Å²) in [5, 5.41) is 1.26. The van der Waals surface area contributed by atoms with Crippen LogP contribution in [-0.4, -0.2) is 4.98 Å². The van der Waals surface area contributed by atoms with E-state index in [0.717, 1.165) is 15.7 Å². The quantitative estimate of drug-likeness (QED) is 0.642. The van der Waals surface area contributed by atoms with E-state index in [0.29, 0.717) is 16.5 Å². The molecule has 0 fully saturated rings. The number of hydrogen-bond donors (Lipinski definition) is 2. The van der Waals surface area contributed by atoms with Crippen LogP contribution >= 0.6 is 39.1 Å². The van der Waals surface area contributed by atoms with E-state index >= 15 is 0 Å². The molecule has 0 radical (unpaired) electrons. The smallest absolute Gasteiger partial charge is 0.0530 e. The molecule has 100 valence electrons. The first-order valence-corrected chi connectivity index (χ1v) is 7.16. The Balaban J connectivity index is 2.24. The number of pyridine rings is 1. The molecule has 0 aliphatic rings. The summed E-state index contributed by atoms with van der Waals surface area (Å²) in [7, 11) is 0. The fraction of sp³-hybridized carbons (Fsp3) is 0.154. The number of nitrogens with zero attached hydrogens (tertiary/aromatic N) is 1. The van der Waals surface area contributed by atoms with Crippen molar-refractivity contribution in [3.8, 4) is 0 Å². The molecule has 0 spiro atoms. The topological polar surface area (TPSA) is 50.9 Å². The van der Waals surface area contributed by atoms with E-state index in [-0.39, 0.29) is 6.04 Å². The van der Waals surface area contributed by atoms with Crippen molar-refractivity contribution in [1.82, 2.24) is 10.4 Å². The zero-order valence-electron chi connectivity index (χ0n) is 9.91. The molecule has 19 heavy (non-hydrogen) atoms. The number of rotatable bonds is 4. The van der Waals surface area contributed by atoms with Crippen molar-refractivity contribution in [3.63, 3.8) is 0 Å². The Labute approximate surface area is 130 Å². The summed E-state index contributed by atoms with van der Waals surface area (Å²) in [5.74, 6) is 5.61. The molecule has 0 bridgehead atoms. The van der Waals surface area contributed by atoms with E-state index in [1.54, 1.807) is 18.3 Å². The normalized spacial score (nSPS) is 12.4. The summed E-state index contributed by atoms with van der Waals surface area (Å²) in [4.78, 5) is 4.33. The van der Waals surface area contributed by atoms with Gasteiger partial charge in [0.2, 0.25) is 0 Å². The zero-order chi connectivity index (χ0) is 13.8. The van der Waals surface area contributed by atoms with Gasteiger partial charge in [0, 0.05) is 32.8 Å². The van der Waals surface area contributed by atoms with Gasteiger partial charge >= 0.3 is 0 Å². The highest BCUT2D eigenvalue weighted by Gasteiger charge is 2.15. The molecule has 2 aromatic rings. The largest absolute Gasteiger partial charge is 0.271 e. The standard InChI is InChI=1S/C13H12BrCl2N3/c14-8-1-3-10(18-7-8)6-13(19-17)11-5-9(15)2-4-12(11)16/h1-5,7,13,19H,6,17H2. The van der Waals surface area contributed by atoms with Crippen molar-refractivity contribution < 1.29 is 0 Å². The number of hydrazine groups is 1. The summed E-state index contributed by atoms with van der Waals surface area (Å²) in [6.45, 7) is 0. The van der Waals surface area contributed by atoms with E-state index in [4.69, 9.17) is 29.0 Å². The molecule has 1 atom stereocenters. The van der Waals surface area contributed by atoms with Gasteiger partial charge in [0.15, 0.2) is 0 Å². The Kier molecular flexibility index (Phi) is 5.19. The highest BCUT2D eigenvalue weighted by atomic mass is 79.9. The van der Waals surface area contributed by atoms with Gasteiger partial charge < -0.3 is 0 Å². The minimum Gasteiger partial charge on any atom is -0.271 e. The van der Waals surface area contributed by atoms with Gasteiger partial charge in [-0.15, -0.1) is 0 Å². The third-order valence-corrected chi connectivity index (χ3v) is 3.78. The van der Waals surface area contributed by atoms with Crippen LogP contribution in [0.15, 0.2) is 41.0 Å². The number of hydrogen-bond acceptors (Lipinski definition) is 3. The predicted octanol–water partition coefficient (Wildman–Crippen LogP) is 3.90. The summed E-state index contributed by atoms with van der Waals surface area (Å²) >= 11 is 15.5. The Morgan fingerprint density at radius 3 is 2.68 bits per heavy atom. The number of benzene rings is 1. The molecule has 2 rings (SSSR count). The lowest BCUT2D eigenvalue weighted by Gasteiger charge is -2.17. The molecule has 0 saturated heterocycles. The molecule has 0 saturated carbocycles. The second-order valence-electron chi connectivity index (χ2n) is 4.06. The summed E-state index contributed by atoms with van der Waals surface area (Å²) in [5.41, 5.74) is 4.54. The zero-order valence-corrected chi connectivity index (χ0v) is 13.0. The molecule has 0 amide bonds. The highest BCUT2D eigenvalue weighted by molar-refractivity contribution is 9.10. The monoisotopic (exact) mass is 359 g/mol. The Hall–Kier alpha value is -0.650. The second kappa shape index (κ2) is 6.68. The lowest BCUT2D eigenvalue weighted by Crippen LogP contribution is -2.30.